The van der Waals surface area contributed by atoms with Gasteiger partial charge in [0.05, 0.1) is 22.5 Å². The van der Waals surface area contributed by atoms with E-state index in [0.29, 0.717) is 18.9 Å². The van der Waals surface area contributed by atoms with Gasteiger partial charge in [-0.15, -0.1) is 11.3 Å². The van der Waals surface area contributed by atoms with Crippen molar-refractivity contribution < 1.29 is 14.6 Å². The van der Waals surface area contributed by atoms with E-state index in [1.54, 1.807) is 11.7 Å². The summed E-state index contributed by atoms with van der Waals surface area (Å²) in [6.07, 6.45) is 0.942. The van der Waals surface area contributed by atoms with E-state index in [9.17, 15) is 9.90 Å². The van der Waals surface area contributed by atoms with Crippen LogP contribution in [0.1, 0.15) is 38.1 Å². The predicted molar refractivity (Wildman–Crippen MR) is 114 cm³/mol. The Labute approximate surface area is 172 Å². The van der Waals surface area contributed by atoms with E-state index < -0.39 is 18.2 Å². The summed E-state index contributed by atoms with van der Waals surface area (Å²) >= 11 is 1.43. The summed E-state index contributed by atoms with van der Waals surface area (Å²) in [5.74, 6) is 0.493. The van der Waals surface area contributed by atoms with Crippen molar-refractivity contribution in [2.24, 2.45) is 5.92 Å². The number of aromatic nitrogens is 1. The highest BCUT2D eigenvalue weighted by Gasteiger charge is 2.22. The maximum atomic E-state index is 12.1. The number of benzene rings is 1. The molecule has 1 amide bonds. The van der Waals surface area contributed by atoms with Gasteiger partial charge < -0.3 is 20.5 Å². The van der Waals surface area contributed by atoms with Gasteiger partial charge in [0, 0.05) is 12.7 Å². The van der Waals surface area contributed by atoms with E-state index >= 15 is 0 Å². The van der Waals surface area contributed by atoms with Gasteiger partial charge in [-0.1, -0.05) is 58.0 Å². The molecule has 0 saturated carbocycles. The smallest absolute Gasteiger partial charge is 0.407 e. The average Bonchev–Trinajstić information content (AvgIpc) is 3.21. The van der Waals surface area contributed by atoms with Crippen LogP contribution in [0.2, 0.25) is 0 Å². The van der Waals surface area contributed by atoms with Crippen LogP contribution in [0, 0.1) is 5.92 Å². The van der Waals surface area contributed by atoms with E-state index in [4.69, 9.17) is 4.74 Å². The van der Waals surface area contributed by atoms with Crippen molar-refractivity contribution in [3.05, 3.63) is 52.5 Å². The molecule has 1 aromatic carbocycles. The van der Waals surface area contributed by atoms with Gasteiger partial charge in [0.2, 0.25) is 0 Å². The fourth-order valence-electron chi connectivity index (χ4n) is 2.46. The molecule has 0 aliphatic heterocycles. The molecule has 2 unspecified atom stereocenters. The Hall–Kier alpha value is -1.96. The number of alkyl carbamates (subject to hydrolysis) is 1. The number of hydrogen-bond acceptors (Lipinski definition) is 6. The molecule has 1 heterocycles. The Morgan fingerprint density at radius 3 is 2.54 bits per heavy atom. The first kappa shape index (κ1) is 24.1. The Morgan fingerprint density at radius 1 is 1.21 bits per heavy atom. The number of carbonyl (C=O) groups is 1. The van der Waals surface area contributed by atoms with E-state index in [2.05, 4.69) is 29.5 Å². The van der Waals surface area contributed by atoms with E-state index in [-0.39, 0.29) is 6.61 Å². The summed E-state index contributed by atoms with van der Waals surface area (Å²) in [6, 6.07) is 9.34. The molecule has 1 aromatic heterocycles. The molecular weight excluding hydrogens is 374 g/mol. The van der Waals surface area contributed by atoms with Crippen LogP contribution < -0.4 is 10.6 Å². The monoisotopic (exact) mass is 407 g/mol. The third-order valence-electron chi connectivity index (χ3n) is 3.80. The van der Waals surface area contributed by atoms with Gasteiger partial charge in [-0.3, -0.25) is 4.98 Å². The lowest BCUT2D eigenvalue weighted by molar-refractivity contribution is 0.101. The maximum Gasteiger partial charge on any atom is 0.407 e. The number of amides is 1. The van der Waals surface area contributed by atoms with Gasteiger partial charge in [0.15, 0.2) is 0 Å². The largest absolute Gasteiger partial charge is 0.444 e. The van der Waals surface area contributed by atoms with Crippen LogP contribution in [0.15, 0.2) is 42.0 Å². The van der Waals surface area contributed by atoms with Gasteiger partial charge in [-0.05, 0) is 24.4 Å². The number of nitrogens with one attached hydrogen (secondary N) is 2. The third-order valence-corrected chi connectivity index (χ3v) is 4.55. The average molecular weight is 408 g/mol. The predicted octanol–water partition coefficient (Wildman–Crippen LogP) is 3.61. The number of thiazole rings is 1. The quantitative estimate of drug-likeness (QED) is 0.560. The minimum absolute atomic E-state index is 0.177. The number of aliphatic hydroxyl groups is 1. The minimum Gasteiger partial charge on any atom is -0.444 e. The van der Waals surface area contributed by atoms with Crippen LogP contribution in [0.3, 0.4) is 0 Å². The second-order valence-corrected chi connectivity index (χ2v) is 7.57. The second-order valence-electron chi connectivity index (χ2n) is 6.60. The third kappa shape index (κ3) is 9.82. The van der Waals surface area contributed by atoms with Crippen molar-refractivity contribution in [3.8, 4) is 0 Å². The molecule has 6 nitrogen and oxygen atoms in total. The van der Waals surface area contributed by atoms with Crippen LogP contribution in [0.25, 0.3) is 0 Å². The minimum atomic E-state index is -0.718. The molecule has 156 valence electrons. The molecule has 7 heteroatoms. The lowest BCUT2D eigenvalue weighted by atomic mass is 10.0. The zero-order valence-corrected chi connectivity index (χ0v) is 18.0. The number of carbonyl (C=O) groups excluding carboxylic acids is 1. The Kier molecular flexibility index (Phi) is 12.1. The van der Waals surface area contributed by atoms with E-state index in [0.717, 1.165) is 17.0 Å². The lowest BCUT2D eigenvalue weighted by Crippen LogP contribution is -2.49. The number of aliphatic hydroxyl groups excluding tert-OH is 1. The van der Waals surface area contributed by atoms with Crippen LogP contribution in [-0.2, 0) is 17.8 Å². The molecule has 0 fully saturated rings. The first-order valence-corrected chi connectivity index (χ1v) is 10.7. The Balaban J connectivity index is 0.00000190. The molecule has 2 atom stereocenters. The normalized spacial score (nSPS) is 12.6. The zero-order chi connectivity index (χ0) is 20.8. The molecule has 0 spiro atoms. The van der Waals surface area contributed by atoms with Gasteiger partial charge in [0.25, 0.3) is 0 Å². The van der Waals surface area contributed by atoms with Crippen LogP contribution >= 0.6 is 11.3 Å². The van der Waals surface area contributed by atoms with E-state index in [1.165, 1.54) is 11.3 Å². The highest BCUT2D eigenvalue weighted by atomic mass is 32.1. The van der Waals surface area contributed by atoms with Crippen molar-refractivity contribution in [3.63, 3.8) is 0 Å². The molecule has 2 aromatic rings. The summed E-state index contributed by atoms with van der Waals surface area (Å²) in [4.78, 5) is 17.0. The van der Waals surface area contributed by atoms with Crippen LogP contribution in [0.5, 0.6) is 0 Å². The van der Waals surface area contributed by atoms with Gasteiger partial charge in [0.1, 0.15) is 6.61 Å². The SMILES string of the molecule is CC.CC(C)CNCC(O)C(Cc1ccccc1)NC(=O)OCc1cncs1. The number of rotatable bonds is 10. The Morgan fingerprint density at radius 2 is 1.93 bits per heavy atom. The highest BCUT2D eigenvalue weighted by Crippen LogP contribution is 2.09. The summed E-state index contributed by atoms with van der Waals surface area (Å²) in [6.45, 7) is 9.61. The zero-order valence-electron chi connectivity index (χ0n) is 17.2. The lowest BCUT2D eigenvalue weighted by Gasteiger charge is -2.24. The second kappa shape index (κ2) is 14.1. The molecule has 0 saturated heterocycles. The topological polar surface area (TPSA) is 83.5 Å². The maximum absolute atomic E-state index is 12.1. The van der Waals surface area contributed by atoms with Gasteiger partial charge in [-0.2, -0.15) is 0 Å². The molecule has 0 bridgehead atoms. The first-order chi connectivity index (χ1) is 13.5. The molecule has 3 N–H and O–H groups in total. The number of nitrogens with zero attached hydrogens (tertiary/aromatic N) is 1. The molecule has 0 aliphatic carbocycles. The van der Waals surface area contributed by atoms with Gasteiger partial charge >= 0.3 is 6.09 Å². The summed E-state index contributed by atoms with van der Waals surface area (Å²) < 4.78 is 5.24. The molecule has 0 aliphatic rings. The Bertz CT molecular complexity index is 636. The van der Waals surface area contributed by atoms with Gasteiger partial charge in [-0.25, -0.2) is 4.79 Å². The highest BCUT2D eigenvalue weighted by molar-refractivity contribution is 7.09. The van der Waals surface area contributed by atoms with Crippen LogP contribution in [0.4, 0.5) is 4.79 Å². The van der Waals surface area contributed by atoms with Crippen molar-refractivity contribution in [1.29, 1.82) is 0 Å². The summed E-state index contributed by atoms with van der Waals surface area (Å²) in [5, 5.41) is 16.6. The van der Waals surface area contributed by atoms with Crippen molar-refractivity contribution in [2.75, 3.05) is 13.1 Å². The molecular formula is C21H33N3O3S. The van der Waals surface area contributed by atoms with E-state index in [1.807, 2.05) is 44.2 Å². The number of hydrogen-bond donors (Lipinski definition) is 3. The molecule has 28 heavy (non-hydrogen) atoms. The van der Waals surface area contributed by atoms with Crippen molar-refractivity contribution in [1.82, 2.24) is 15.6 Å². The van der Waals surface area contributed by atoms with Crippen molar-refractivity contribution in [2.45, 2.75) is 52.9 Å². The first-order valence-electron chi connectivity index (χ1n) is 9.78. The summed E-state index contributed by atoms with van der Waals surface area (Å²) in [7, 11) is 0. The fourth-order valence-corrected chi connectivity index (χ4v) is 2.96. The van der Waals surface area contributed by atoms with Crippen LogP contribution in [-0.4, -0.2) is 41.4 Å². The number of ether oxygens (including phenoxy) is 1. The standard InChI is InChI=1S/C19H27N3O3S.C2H6/c1-14(2)9-20-11-18(23)17(8-15-6-4-3-5-7-15)22-19(24)25-12-16-10-21-13-26-16;1-2/h3-7,10,13-14,17-18,20,23H,8-9,11-12H2,1-2H3,(H,22,24);1-2H3. The molecule has 0 radical (unpaired) electrons. The molecule has 2 rings (SSSR count). The summed E-state index contributed by atoms with van der Waals surface area (Å²) in [5.41, 5.74) is 2.74. The van der Waals surface area contributed by atoms with Crippen molar-refractivity contribution >= 4 is 17.4 Å². The fraction of sp³-hybridized carbons (Fsp3) is 0.524.